The summed E-state index contributed by atoms with van der Waals surface area (Å²) < 4.78 is 6.24. The summed E-state index contributed by atoms with van der Waals surface area (Å²) in [6.07, 6.45) is 5.29. The monoisotopic (exact) mass is 335 g/mol. The van der Waals surface area contributed by atoms with Crippen molar-refractivity contribution in [2.24, 2.45) is 17.8 Å². The van der Waals surface area contributed by atoms with Gasteiger partial charge >= 0.3 is 5.97 Å². The third-order valence-corrected chi connectivity index (χ3v) is 4.51. The summed E-state index contributed by atoms with van der Waals surface area (Å²) in [6.45, 7) is 0.195. The Labute approximate surface area is 124 Å². The highest BCUT2D eigenvalue weighted by molar-refractivity contribution is 9.10. The minimum Gasteiger partial charge on any atom is -0.457 e. The minimum atomic E-state index is -0.0727. The van der Waals surface area contributed by atoms with Crippen molar-refractivity contribution >= 4 is 33.1 Å². The number of ether oxygens (including phenoxy) is 1. The zero-order chi connectivity index (χ0) is 13.7. The summed E-state index contributed by atoms with van der Waals surface area (Å²) in [5.74, 6) is 2.09. The molecule has 2 aromatic rings. The fourth-order valence-corrected chi connectivity index (χ4v) is 3.10. The van der Waals surface area contributed by atoms with Gasteiger partial charge in [-0.05, 0) is 53.1 Å². The van der Waals surface area contributed by atoms with Crippen LogP contribution in [-0.2, 0) is 16.1 Å². The molecule has 2 heterocycles. The number of halogens is 1. The second-order valence-corrected chi connectivity index (χ2v) is 6.58. The van der Waals surface area contributed by atoms with Crippen LogP contribution in [0, 0.1) is 17.8 Å². The van der Waals surface area contributed by atoms with E-state index in [0.29, 0.717) is 17.4 Å². The SMILES string of the molecule is O=C(OCc1nc2ncc(Br)cc2[nH]1)[C@H]1C[C@@H]1C1CC1. The van der Waals surface area contributed by atoms with Crippen LogP contribution in [0.1, 0.15) is 25.1 Å². The second-order valence-electron chi connectivity index (χ2n) is 5.66. The fourth-order valence-electron chi connectivity index (χ4n) is 2.77. The first-order valence-corrected chi connectivity index (χ1v) is 7.67. The van der Waals surface area contributed by atoms with Crippen molar-refractivity contribution in [3.63, 3.8) is 0 Å². The highest BCUT2D eigenvalue weighted by Crippen LogP contribution is 2.54. The molecule has 20 heavy (non-hydrogen) atoms. The van der Waals surface area contributed by atoms with E-state index in [-0.39, 0.29) is 18.5 Å². The molecule has 6 heteroatoms. The Kier molecular flexibility index (Phi) is 2.80. The van der Waals surface area contributed by atoms with Crippen molar-refractivity contribution < 1.29 is 9.53 Å². The molecular formula is C14H14BrN3O2. The highest BCUT2D eigenvalue weighted by Gasteiger charge is 2.52. The number of nitrogens with one attached hydrogen (secondary N) is 1. The van der Waals surface area contributed by atoms with Gasteiger partial charge in [-0.3, -0.25) is 4.79 Å². The number of esters is 1. The van der Waals surface area contributed by atoms with Crippen LogP contribution in [0.5, 0.6) is 0 Å². The van der Waals surface area contributed by atoms with Gasteiger partial charge in [0.05, 0.1) is 11.4 Å². The van der Waals surface area contributed by atoms with E-state index in [1.54, 1.807) is 6.20 Å². The van der Waals surface area contributed by atoms with Gasteiger partial charge in [-0.15, -0.1) is 0 Å². The molecule has 2 aliphatic carbocycles. The predicted octanol–water partition coefficient (Wildman–Crippen LogP) is 2.81. The average Bonchev–Trinajstić information content (AvgIpc) is 3.29. The summed E-state index contributed by atoms with van der Waals surface area (Å²) in [7, 11) is 0. The van der Waals surface area contributed by atoms with Gasteiger partial charge in [0.25, 0.3) is 0 Å². The number of imidazole rings is 1. The second kappa shape index (κ2) is 4.55. The number of carbonyl (C=O) groups excluding carboxylic acids is 1. The number of carbonyl (C=O) groups is 1. The lowest BCUT2D eigenvalue weighted by Crippen LogP contribution is -2.09. The van der Waals surface area contributed by atoms with Crippen LogP contribution >= 0.6 is 15.9 Å². The zero-order valence-corrected chi connectivity index (χ0v) is 12.4. The summed E-state index contributed by atoms with van der Waals surface area (Å²) in [5.41, 5.74) is 1.48. The van der Waals surface area contributed by atoms with E-state index in [2.05, 4.69) is 30.9 Å². The number of pyridine rings is 1. The molecule has 2 aliphatic rings. The topological polar surface area (TPSA) is 67.9 Å². The smallest absolute Gasteiger partial charge is 0.309 e. The first-order chi connectivity index (χ1) is 9.70. The molecule has 1 N–H and O–H groups in total. The van der Waals surface area contributed by atoms with Gasteiger partial charge in [-0.2, -0.15) is 0 Å². The summed E-state index contributed by atoms with van der Waals surface area (Å²) in [4.78, 5) is 23.5. The zero-order valence-electron chi connectivity index (χ0n) is 10.8. The first-order valence-electron chi connectivity index (χ1n) is 6.87. The molecule has 104 valence electrons. The molecule has 2 aromatic heterocycles. The molecule has 0 aliphatic heterocycles. The normalized spacial score (nSPS) is 24.9. The van der Waals surface area contributed by atoms with Crippen LogP contribution in [0.2, 0.25) is 0 Å². The van der Waals surface area contributed by atoms with Gasteiger partial charge in [-0.1, -0.05) is 0 Å². The summed E-state index contributed by atoms with van der Waals surface area (Å²) >= 11 is 3.36. The Morgan fingerprint density at radius 3 is 3.15 bits per heavy atom. The van der Waals surface area contributed by atoms with Gasteiger partial charge < -0.3 is 9.72 Å². The molecule has 0 aromatic carbocycles. The molecule has 2 saturated carbocycles. The third-order valence-electron chi connectivity index (χ3n) is 4.07. The maximum Gasteiger partial charge on any atom is 0.309 e. The molecule has 4 rings (SSSR count). The lowest BCUT2D eigenvalue weighted by atomic mass is 10.2. The van der Waals surface area contributed by atoms with E-state index in [4.69, 9.17) is 4.74 Å². The van der Waals surface area contributed by atoms with E-state index >= 15 is 0 Å². The van der Waals surface area contributed by atoms with Crippen molar-refractivity contribution in [2.75, 3.05) is 0 Å². The van der Waals surface area contributed by atoms with Crippen LogP contribution in [0.15, 0.2) is 16.7 Å². The fraction of sp³-hybridized carbons (Fsp3) is 0.500. The number of hydrogen-bond acceptors (Lipinski definition) is 4. The Balaban J connectivity index is 1.39. The summed E-state index contributed by atoms with van der Waals surface area (Å²) in [6, 6.07) is 1.91. The number of aromatic nitrogens is 3. The molecule has 0 bridgehead atoms. The van der Waals surface area contributed by atoms with Gasteiger partial charge in [0.2, 0.25) is 0 Å². The van der Waals surface area contributed by atoms with E-state index in [9.17, 15) is 4.79 Å². The van der Waals surface area contributed by atoms with Crippen molar-refractivity contribution in [3.05, 3.63) is 22.6 Å². The number of hydrogen-bond donors (Lipinski definition) is 1. The van der Waals surface area contributed by atoms with Gasteiger partial charge in [0, 0.05) is 10.7 Å². The number of fused-ring (bicyclic) bond motifs is 1. The van der Waals surface area contributed by atoms with E-state index < -0.39 is 0 Å². The number of rotatable bonds is 4. The van der Waals surface area contributed by atoms with E-state index in [1.165, 1.54) is 12.8 Å². The quantitative estimate of drug-likeness (QED) is 0.872. The summed E-state index contributed by atoms with van der Waals surface area (Å²) in [5, 5.41) is 0. The van der Waals surface area contributed by atoms with Crippen LogP contribution in [0.25, 0.3) is 11.2 Å². The van der Waals surface area contributed by atoms with Crippen molar-refractivity contribution in [2.45, 2.75) is 25.9 Å². The standard InChI is InChI=1S/C14H14BrN3O2/c15-8-3-11-13(16-5-8)18-12(17-11)6-20-14(19)10-4-9(10)7-1-2-7/h3,5,7,9-10H,1-2,4,6H2,(H,16,17,18)/t9-,10+/m1/s1. The minimum absolute atomic E-state index is 0.0727. The first kappa shape index (κ1) is 12.3. The highest BCUT2D eigenvalue weighted by atomic mass is 79.9. The Morgan fingerprint density at radius 2 is 2.35 bits per heavy atom. The molecule has 5 nitrogen and oxygen atoms in total. The van der Waals surface area contributed by atoms with Crippen LogP contribution in [0.3, 0.4) is 0 Å². The Bertz CT molecular complexity index is 680. The average molecular weight is 336 g/mol. The third kappa shape index (κ3) is 2.32. The largest absolute Gasteiger partial charge is 0.457 e. The van der Waals surface area contributed by atoms with Crippen LogP contribution in [0.4, 0.5) is 0 Å². The molecule has 0 radical (unpaired) electrons. The van der Waals surface area contributed by atoms with Gasteiger partial charge in [0.1, 0.15) is 12.4 Å². The number of nitrogens with zero attached hydrogens (tertiary/aromatic N) is 2. The molecule has 0 unspecified atom stereocenters. The van der Waals surface area contributed by atoms with Crippen molar-refractivity contribution in [1.29, 1.82) is 0 Å². The lowest BCUT2D eigenvalue weighted by molar-refractivity contribution is -0.147. The van der Waals surface area contributed by atoms with Gasteiger partial charge in [0.15, 0.2) is 5.65 Å². The van der Waals surface area contributed by atoms with Crippen molar-refractivity contribution in [3.8, 4) is 0 Å². The molecule has 2 fully saturated rings. The van der Waals surface area contributed by atoms with Crippen molar-refractivity contribution in [1.82, 2.24) is 15.0 Å². The predicted molar refractivity (Wildman–Crippen MR) is 75.7 cm³/mol. The molecule has 0 amide bonds. The molecular weight excluding hydrogens is 322 g/mol. The number of H-pyrrole nitrogens is 1. The number of aromatic amines is 1. The molecule has 0 saturated heterocycles. The maximum absolute atomic E-state index is 11.9. The lowest BCUT2D eigenvalue weighted by Gasteiger charge is -2.01. The maximum atomic E-state index is 11.9. The van der Waals surface area contributed by atoms with Gasteiger partial charge in [-0.25, -0.2) is 9.97 Å². The van der Waals surface area contributed by atoms with Crippen LogP contribution < -0.4 is 0 Å². The molecule has 2 atom stereocenters. The van der Waals surface area contributed by atoms with E-state index in [1.807, 2.05) is 6.07 Å². The molecule has 0 spiro atoms. The Hall–Kier alpha value is -1.43. The Morgan fingerprint density at radius 1 is 1.50 bits per heavy atom. The van der Waals surface area contributed by atoms with E-state index in [0.717, 1.165) is 22.3 Å². The van der Waals surface area contributed by atoms with Crippen LogP contribution in [-0.4, -0.2) is 20.9 Å².